The first-order valence-corrected chi connectivity index (χ1v) is 11.0. The molecule has 1 aromatic carbocycles. The van der Waals surface area contributed by atoms with Gasteiger partial charge in [0.15, 0.2) is 0 Å². The van der Waals surface area contributed by atoms with Crippen LogP contribution in [-0.4, -0.2) is 36.0 Å². The van der Waals surface area contributed by atoms with E-state index in [0.717, 1.165) is 18.8 Å². The van der Waals surface area contributed by atoms with Crippen molar-refractivity contribution in [1.29, 1.82) is 0 Å². The van der Waals surface area contributed by atoms with Gasteiger partial charge in [-0.15, -0.1) is 0 Å². The molecule has 1 saturated carbocycles. The number of ether oxygens (including phenoxy) is 1. The number of piperidine rings is 1. The van der Waals surface area contributed by atoms with Crippen molar-refractivity contribution in [3.8, 4) is 11.6 Å². The zero-order chi connectivity index (χ0) is 22.0. The number of hydrogen-bond acceptors (Lipinski definition) is 4. The fourth-order valence-corrected chi connectivity index (χ4v) is 4.41. The summed E-state index contributed by atoms with van der Waals surface area (Å²) < 4.78 is 44.8. The van der Waals surface area contributed by atoms with Crippen LogP contribution >= 0.6 is 0 Å². The lowest BCUT2D eigenvalue weighted by Crippen LogP contribution is -2.36. The predicted molar refractivity (Wildman–Crippen MR) is 114 cm³/mol. The van der Waals surface area contributed by atoms with Crippen LogP contribution in [-0.2, 0) is 6.42 Å². The van der Waals surface area contributed by atoms with Crippen LogP contribution in [0.25, 0.3) is 0 Å². The molecule has 0 amide bonds. The van der Waals surface area contributed by atoms with Gasteiger partial charge in [0.05, 0.1) is 13.0 Å². The van der Waals surface area contributed by atoms with Crippen molar-refractivity contribution in [2.45, 2.75) is 51.1 Å². The van der Waals surface area contributed by atoms with Gasteiger partial charge < -0.3 is 14.7 Å². The first kappa shape index (κ1) is 21.8. The number of hydrogen-bond donors (Lipinski definition) is 1. The summed E-state index contributed by atoms with van der Waals surface area (Å²) in [6, 6.07) is 8.22. The smallest absolute Gasteiger partial charge is 0.393 e. The summed E-state index contributed by atoms with van der Waals surface area (Å²) >= 11 is 0. The Morgan fingerprint density at radius 1 is 1.13 bits per heavy atom. The van der Waals surface area contributed by atoms with Gasteiger partial charge in [0.2, 0.25) is 5.88 Å². The Morgan fingerprint density at radius 3 is 2.55 bits per heavy atom. The standard InChI is InChI=1S/C24H29F3N2O2/c1-16(18-2-3-18)19-6-9-28-23(12-19)31-15-17-7-10-29(11-8-17)22-13-21(30)5-4-20(22)14-24(25,26)27/h4-6,9,12-13,16-18,30H,2-3,7-8,10-11,14-15H2,1H3. The minimum atomic E-state index is -4.28. The van der Waals surface area contributed by atoms with Gasteiger partial charge in [0.25, 0.3) is 0 Å². The maximum atomic E-state index is 12.9. The topological polar surface area (TPSA) is 45.6 Å². The molecule has 2 aliphatic rings. The lowest BCUT2D eigenvalue weighted by atomic mass is 9.96. The molecule has 1 aliphatic heterocycles. The highest BCUT2D eigenvalue weighted by molar-refractivity contribution is 5.57. The predicted octanol–water partition coefficient (Wildman–Crippen LogP) is 5.70. The van der Waals surface area contributed by atoms with E-state index < -0.39 is 12.6 Å². The third-order valence-electron chi connectivity index (χ3n) is 6.50. The van der Waals surface area contributed by atoms with Gasteiger partial charge in [-0.2, -0.15) is 13.2 Å². The third-order valence-corrected chi connectivity index (χ3v) is 6.50. The molecule has 0 spiro atoms. The van der Waals surface area contributed by atoms with Crippen LogP contribution in [0.2, 0.25) is 0 Å². The number of alkyl halides is 3. The van der Waals surface area contributed by atoms with E-state index in [-0.39, 0.29) is 11.3 Å². The van der Waals surface area contributed by atoms with Gasteiger partial charge >= 0.3 is 6.18 Å². The molecule has 1 aliphatic carbocycles. The number of rotatable bonds is 7. The third kappa shape index (κ3) is 5.83. The van der Waals surface area contributed by atoms with Crippen LogP contribution in [0, 0.1) is 11.8 Å². The number of phenolic OH excluding ortho intramolecular Hbond substituents is 1. The first-order valence-electron chi connectivity index (χ1n) is 11.0. The van der Waals surface area contributed by atoms with Crippen molar-refractivity contribution in [2.75, 3.05) is 24.6 Å². The Labute approximate surface area is 181 Å². The molecule has 1 atom stereocenters. The normalized spacial score (nSPS) is 18.8. The van der Waals surface area contributed by atoms with E-state index in [0.29, 0.717) is 43.1 Å². The van der Waals surface area contributed by atoms with Crippen molar-refractivity contribution in [3.05, 3.63) is 47.7 Å². The molecule has 1 N–H and O–H groups in total. The van der Waals surface area contributed by atoms with Gasteiger partial charge in [0.1, 0.15) is 5.75 Å². The zero-order valence-electron chi connectivity index (χ0n) is 17.7. The monoisotopic (exact) mass is 434 g/mol. The molecule has 168 valence electrons. The van der Waals surface area contributed by atoms with Gasteiger partial charge in [0, 0.05) is 37.1 Å². The summed E-state index contributed by atoms with van der Waals surface area (Å²) in [5, 5.41) is 9.79. The number of phenols is 1. The lowest BCUT2D eigenvalue weighted by Gasteiger charge is -2.34. The number of aromatic nitrogens is 1. The van der Waals surface area contributed by atoms with Crippen molar-refractivity contribution in [1.82, 2.24) is 4.98 Å². The molecule has 4 rings (SSSR count). The highest BCUT2D eigenvalue weighted by Crippen LogP contribution is 2.42. The summed E-state index contributed by atoms with van der Waals surface area (Å²) in [7, 11) is 0. The average molecular weight is 435 g/mol. The van der Waals surface area contributed by atoms with E-state index in [1.54, 1.807) is 6.20 Å². The SMILES string of the molecule is CC(c1ccnc(OCC2CCN(c3cc(O)ccc3CC(F)(F)F)CC2)c1)C1CC1. The van der Waals surface area contributed by atoms with Crippen LogP contribution < -0.4 is 9.64 Å². The van der Waals surface area contributed by atoms with E-state index in [1.165, 1.54) is 36.6 Å². The number of halogens is 3. The Balaban J connectivity index is 1.32. The molecule has 31 heavy (non-hydrogen) atoms. The minimum Gasteiger partial charge on any atom is -0.508 e. The second kappa shape index (κ2) is 8.97. The molecule has 1 aromatic heterocycles. The second-order valence-corrected chi connectivity index (χ2v) is 8.90. The summed E-state index contributed by atoms with van der Waals surface area (Å²) in [5.41, 5.74) is 1.94. The number of pyridine rings is 1. The van der Waals surface area contributed by atoms with Crippen LogP contribution in [0.4, 0.5) is 18.9 Å². The molecular weight excluding hydrogens is 405 g/mol. The highest BCUT2D eigenvalue weighted by Gasteiger charge is 2.31. The van der Waals surface area contributed by atoms with Gasteiger partial charge in [-0.1, -0.05) is 13.0 Å². The Bertz CT molecular complexity index is 891. The number of benzene rings is 1. The van der Waals surface area contributed by atoms with Crippen molar-refractivity contribution in [3.63, 3.8) is 0 Å². The molecule has 0 radical (unpaired) electrons. The second-order valence-electron chi connectivity index (χ2n) is 8.90. The summed E-state index contributed by atoms with van der Waals surface area (Å²) in [5.74, 6) is 2.26. The average Bonchev–Trinajstić information content (AvgIpc) is 3.58. The molecule has 1 saturated heterocycles. The van der Waals surface area contributed by atoms with Crippen LogP contribution in [0.15, 0.2) is 36.5 Å². The van der Waals surface area contributed by atoms with Crippen LogP contribution in [0.3, 0.4) is 0 Å². The van der Waals surface area contributed by atoms with Gasteiger partial charge in [-0.05, 0) is 66.7 Å². The number of nitrogens with zero attached hydrogens (tertiary/aromatic N) is 2. The fraction of sp³-hybridized carbons (Fsp3) is 0.542. The van der Waals surface area contributed by atoms with Gasteiger partial charge in [-0.3, -0.25) is 0 Å². The highest BCUT2D eigenvalue weighted by atomic mass is 19.4. The van der Waals surface area contributed by atoms with Crippen molar-refractivity contribution >= 4 is 5.69 Å². The van der Waals surface area contributed by atoms with E-state index >= 15 is 0 Å². The molecule has 2 aromatic rings. The van der Waals surface area contributed by atoms with Crippen molar-refractivity contribution in [2.24, 2.45) is 11.8 Å². The number of anilines is 1. The van der Waals surface area contributed by atoms with Crippen LogP contribution in [0.5, 0.6) is 11.6 Å². The van der Waals surface area contributed by atoms with E-state index in [2.05, 4.69) is 18.0 Å². The Hall–Kier alpha value is -2.44. The molecule has 4 nitrogen and oxygen atoms in total. The Morgan fingerprint density at radius 2 is 1.87 bits per heavy atom. The maximum absolute atomic E-state index is 12.9. The fourth-order valence-electron chi connectivity index (χ4n) is 4.41. The lowest BCUT2D eigenvalue weighted by molar-refractivity contribution is -0.127. The molecule has 2 heterocycles. The zero-order valence-corrected chi connectivity index (χ0v) is 17.7. The van der Waals surface area contributed by atoms with E-state index in [1.807, 2.05) is 11.0 Å². The summed E-state index contributed by atoms with van der Waals surface area (Å²) in [6.07, 6.45) is 0.752. The maximum Gasteiger partial charge on any atom is 0.393 e. The largest absolute Gasteiger partial charge is 0.508 e. The summed E-state index contributed by atoms with van der Waals surface area (Å²) in [6.45, 7) is 4.07. The molecule has 1 unspecified atom stereocenters. The van der Waals surface area contributed by atoms with E-state index in [9.17, 15) is 18.3 Å². The molecule has 7 heteroatoms. The van der Waals surface area contributed by atoms with Crippen LogP contribution in [0.1, 0.15) is 49.7 Å². The quantitative estimate of drug-likeness (QED) is 0.607. The van der Waals surface area contributed by atoms with Gasteiger partial charge in [-0.25, -0.2) is 4.98 Å². The van der Waals surface area contributed by atoms with E-state index in [4.69, 9.17) is 4.74 Å². The van der Waals surface area contributed by atoms with Crippen molar-refractivity contribution < 1.29 is 23.0 Å². The molecular formula is C24H29F3N2O2. The molecule has 2 fully saturated rings. The first-order chi connectivity index (χ1) is 14.8. The Kier molecular flexibility index (Phi) is 6.30. The molecule has 0 bridgehead atoms. The number of aromatic hydroxyl groups is 1. The minimum absolute atomic E-state index is 0.0160. The summed E-state index contributed by atoms with van der Waals surface area (Å²) in [4.78, 5) is 6.27.